The maximum atomic E-state index is 13.3. The van der Waals surface area contributed by atoms with Crippen LogP contribution in [0, 0.1) is 23.2 Å². The second kappa shape index (κ2) is 4.83. The van der Waals surface area contributed by atoms with E-state index in [1.54, 1.807) is 23.1 Å². The molecule has 25 heavy (non-hydrogen) atoms. The van der Waals surface area contributed by atoms with Gasteiger partial charge in [-0.3, -0.25) is 9.69 Å². The van der Waals surface area contributed by atoms with Crippen LogP contribution in [0.4, 0.5) is 5.69 Å². The van der Waals surface area contributed by atoms with Gasteiger partial charge in [0.1, 0.15) is 17.9 Å². The predicted octanol–water partition coefficient (Wildman–Crippen LogP) is 1.94. The van der Waals surface area contributed by atoms with Gasteiger partial charge in [0.25, 0.3) is 0 Å². The van der Waals surface area contributed by atoms with E-state index in [-0.39, 0.29) is 17.7 Å². The maximum absolute atomic E-state index is 13.3. The molecule has 4 heterocycles. The standard InChI is InChI=1S/C18H17BrN2O4/c1-17-7-12(22)18(25-17)4-5-24-16-14(18)13(17)15(23)21(16)10-3-2-9(8-20)11(19)6-10/h2-3,6,12-14,16,22H,4-5,7H2,1H3/t12-,13-,14+,16+,17-,18+/m1/s1. The number of carbonyl (C=O) groups is 1. The number of rotatable bonds is 1. The molecule has 0 aliphatic carbocycles. The third-order valence-corrected chi connectivity index (χ3v) is 7.02. The Hall–Kier alpha value is -1.46. The van der Waals surface area contributed by atoms with E-state index in [4.69, 9.17) is 14.7 Å². The molecule has 0 saturated carbocycles. The van der Waals surface area contributed by atoms with E-state index in [9.17, 15) is 9.90 Å². The van der Waals surface area contributed by atoms with Gasteiger partial charge in [-0.05, 0) is 41.1 Å². The SMILES string of the molecule is C[C@@]12C[C@@H](O)[C@]3(CCO[C@H]4[C@@H]3[C@@H]1C(=O)N4c1ccc(C#N)c(Br)c1)O2. The number of amides is 1. The Bertz CT molecular complexity index is 839. The number of aliphatic hydroxyl groups is 1. The molecule has 6 nitrogen and oxygen atoms in total. The molecular weight excluding hydrogens is 388 g/mol. The first-order chi connectivity index (χ1) is 11.9. The lowest BCUT2D eigenvalue weighted by molar-refractivity contribution is -0.163. The van der Waals surface area contributed by atoms with Crippen molar-refractivity contribution in [1.82, 2.24) is 0 Å². The van der Waals surface area contributed by atoms with E-state index in [1.165, 1.54) is 0 Å². The number of nitrogens with zero attached hydrogens (tertiary/aromatic N) is 2. The van der Waals surface area contributed by atoms with Crippen molar-refractivity contribution in [2.75, 3.05) is 11.5 Å². The zero-order valence-corrected chi connectivity index (χ0v) is 15.2. The number of carbonyl (C=O) groups excluding carboxylic acids is 1. The Kier molecular flexibility index (Phi) is 3.05. The number of anilines is 1. The molecule has 4 saturated heterocycles. The fourth-order valence-electron chi connectivity index (χ4n) is 5.42. The molecule has 4 aliphatic heterocycles. The van der Waals surface area contributed by atoms with Gasteiger partial charge >= 0.3 is 0 Å². The summed E-state index contributed by atoms with van der Waals surface area (Å²) in [6.07, 6.45) is 0.0883. The van der Waals surface area contributed by atoms with Crippen LogP contribution in [-0.2, 0) is 14.3 Å². The van der Waals surface area contributed by atoms with E-state index in [0.29, 0.717) is 35.2 Å². The van der Waals surface area contributed by atoms with Gasteiger partial charge in [-0.15, -0.1) is 0 Å². The molecule has 130 valence electrons. The Morgan fingerprint density at radius 3 is 3.00 bits per heavy atom. The van der Waals surface area contributed by atoms with Crippen molar-refractivity contribution in [2.24, 2.45) is 11.8 Å². The molecule has 4 fully saturated rings. The minimum atomic E-state index is -0.684. The van der Waals surface area contributed by atoms with Gasteiger partial charge in [-0.2, -0.15) is 5.26 Å². The highest BCUT2D eigenvalue weighted by Crippen LogP contribution is 2.65. The molecule has 1 aromatic rings. The molecule has 5 rings (SSSR count). The number of aliphatic hydroxyl groups excluding tert-OH is 1. The van der Waals surface area contributed by atoms with Gasteiger partial charge in [0.05, 0.1) is 35.7 Å². The first kappa shape index (κ1) is 15.8. The predicted molar refractivity (Wildman–Crippen MR) is 90.5 cm³/mol. The molecule has 4 aliphatic rings. The molecule has 0 aromatic heterocycles. The van der Waals surface area contributed by atoms with Gasteiger partial charge in [-0.25, -0.2) is 0 Å². The van der Waals surface area contributed by atoms with E-state index >= 15 is 0 Å². The molecule has 6 atom stereocenters. The summed E-state index contributed by atoms with van der Waals surface area (Å²) >= 11 is 3.39. The normalized spacial score (nSPS) is 44.1. The van der Waals surface area contributed by atoms with Crippen molar-refractivity contribution < 1.29 is 19.4 Å². The van der Waals surface area contributed by atoms with Crippen LogP contribution in [0.25, 0.3) is 0 Å². The minimum absolute atomic E-state index is 0.0233. The van der Waals surface area contributed by atoms with E-state index in [2.05, 4.69) is 22.0 Å². The van der Waals surface area contributed by atoms with Gasteiger partial charge in [0.2, 0.25) is 5.91 Å². The first-order valence-corrected chi connectivity index (χ1v) is 9.23. The summed E-state index contributed by atoms with van der Waals surface area (Å²) in [7, 11) is 0. The van der Waals surface area contributed by atoms with E-state index in [1.807, 2.05) is 6.92 Å². The number of ether oxygens (including phenoxy) is 2. The van der Waals surface area contributed by atoms with E-state index < -0.39 is 23.5 Å². The molecule has 2 bridgehead atoms. The van der Waals surface area contributed by atoms with Gasteiger partial charge in [-0.1, -0.05) is 0 Å². The van der Waals surface area contributed by atoms with Crippen LogP contribution in [0.5, 0.6) is 0 Å². The highest BCUT2D eigenvalue weighted by atomic mass is 79.9. The third-order valence-electron chi connectivity index (χ3n) is 6.36. The summed E-state index contributed by atoms with van der Waals surface area (Å²) in [5, 5.41) is 19.7. The van der Waals surface area contributed by atoms with Crippen LogP contribution in [0.1, 0.15) is 25.3 Å². The lowest BCUT2D eigenvalue weighted by Gasteiger charge is -2.43. The summed E-state index contributed by atoms with van der Waals surface area (Å²) in [4.78, 5) is 15.0. The molecule has 0 unspecified atom stereocenters. The summed E-state index contributed by atoms with van der Waals surface area (Å²) in [6, 6.07) is 7.36. The summed E-state index contributed by atoms with van der Waals surface area (Å²) in [6.45, 7) is 2.38. The van der Waals surface area contributed by atoms with Gasteiger partial charge < -0.3 is 14.6 Å². The Labute approximate surface area is 153 Å². The highest BCUT2D eigenvalue weighted by molar-refractivity contribution is 9.10. The number of halogens is 1. The van der Waals surface area contributed by atoms with Crippen LogP contribution < -0.4 is 4.90 Å². The molecule has 1 aromatic carbocycles. The Morgan fingerprint density at radius 2 is 2.28 bits per heavy atom. The quantitative estimate of drug-likeness (QED) is 0.772. The van der Waals surface area contributed by atoms with E-state index in [0.717, 1.165) is 0 Å². The van der Waals surface area contributed by atoms with Crippen molar-refractivity contribution in [3.63, 3.8) is 0 Å². The second-order valence-electron chi connectivity index (χ2n) is 7.59. The van der Waals surface area contributed by atoms with Crippen LogP contribution in [0.3, 0.4) is 0 Å². The molecule has 0 radical (unpaired) electrons. The van der Waals surface area contributed by atoms with Crippen molar-refractivity contribution in [3.8, 4) is 6.07 Å². The summed E-state index contributed by atoms with van der Waals surface area (Å²) in [5.74, 6) is -0.502. The maximum Gasteiger partial charge on any atom is 0.235 e. The monoisotopic (exact) mass is 404 g/mol. The van der Waals surface area contributed by atoms with Crippen molar-refractivity contribution in [1.29, 1.82) is 5.26 Å². The highest BCUT2D eigenvalue weighted by Gasteiger charge is 2.78. The zero-order chi connectivity index (χ0) is 17.6. The largest absolute Gasteiger partial charge is 0.390 e. The van der Waals surface area contributed by atoms with Crippen molar-refractivity contribution >= 4 is 27.5 Å². The molecule has 1 spiro atoms. The van der Waals surface area contributed by atoms with Crippen LogP contribution in [0.15, 0.2) is 22.7 Å². The smallest absolute Gasteiger partial charge is 0.235 e. The minimum Gasteiger partial charge on any atom is -0.390 e. The summed E-state index contributed by atoms with van der Waals surface area (Å²) in [5.41, 5.74) is -0.116. The number of fused-ring (bicyclic) bond motifs is 2. The molecule has 7 heteroatoms. The lowest BCUT2D eigenvalue weighted by atomic mass is 9.65. The summed E-state index contributed by atoms with van der Waals surface area (Å²) < 4.78 is 12.9. The zero-order valence-electron chi connectivity index (χ0n) is 13.6. The van der Waals surface area contributed by atoms with Gasteiger partial charge in [0, 0.05) is 23.0 Å². The molecule has 1 amide bonds. The third kappa shape index (κ3) is 1.76. The lowest BCUT2D eigenvalue weighted by Crippen LogP contribution is -2.56. The van der Waals surface area contributed by atoms with Crippen LogP contribution >= 0.6 is 15.9 Å². The molecule has 1 N–H and O–H groups in total. The van der Waals surface area contributed by atoms with Gasteiger partial charge in [0.15, 0.2) is 0 Å². The second-order valence-corrected chi connectivity index (χ2v) is 8.44. The van der Waals surface area contributed by atoms with Crippen molar-refractivity contribution in [3.05, 3.63) is 28.2 Å². The average molecular weight is 405 g/mol. The topological polar surface area (TPSA) is 82.8 Å². The number of benzene rings is 1. The van der Waals surface area contributed by atoms with Crippen LogP contribution in [-0.4, -0.2) is 41.2 Å². The Balaban J connectivity index is 1.62. The first-order valence-electron chi connectivity index (χ1n) is 8.44. The fraction of sp³-hybridized carbons (Fsp3) is 0.556. The van der Waals surface area contributed by atoms with Crippen molar-refractivity contribution in [2.45, 2.75) is 43.3 Å². The number of hydrogen-bond donors (Lipinski definition) is 1. The molecular formula is C18H17BrN2O4. The average Bonchev–Trinajstić information content (AvgIpc) is 3.11. The fourth-order valence-corrected chi connectivity index (χ4v) is 5.88. The number of hydrogen-bond acceptors (Lipinski definition) is 5. The number of nitriles is 1. The Morgan fingerprint density at radius 1 is 1.48 bits per heavy atom. The van der Waals surface area contributed by atoms with Crippen LogP contribution in [0.2, 0.25) is 0 Å².